The summed E-state index contributed by atoms with van der Waals surface area (Å²) < 4.78 is 18.1. The Kier molecular flexibility index (Phi) is 4.64. The lowest BCUT2D eigenvalue weighted by Crippen LogP contribution is -2.41. The number of hydrogen-bond donors (Lipinski definition) is 1. The Bertz CT molecular complexity index is 692. The molecule has 1 atom stereocenters. The number of alkyl carbamates (subject to hydrolysis) is 1. The van der Waals surface area contributed by atoms with Crippen molar-refractivity contribution in [3.8, 4) is 0 Å². The number of carbonyl (C=O) groups is 1. The van der Waals surface area contributed by atoms with Crippen molar-refractivity contribution in [1.82, 2.24) is 5.32 Å². The SMILES string of the molecule is CC(C)(C)NC(=O)O[C@@H]1CCc2c(B3OC(C)(C)C(C)(C)O3)cccc21. The van der Waals surface area contributed by atoms with E-state index in [0.29, 0.717) is 0 Å². The molecule has 142 valence electrons. The zero-order chi connectivity index (χ0) is 19.3. The maximum atomic E-state index is 12.2. The predicted molar refractivity (Wildman–Crippen MR) is 103 cm³/mol. The van der Waals surface area contributed by atoms with Crippen molar-refractivity contribution in [2.45, 2.75) is 84.2 Å². The third-order valence-corrected chi connectivity index (χ3v) is 5.49. The predicted octanol–water partition coefficient (Wildman–Crippen LogP) is 3.50. The van der Waals surface area contributed by atoms with E-state index in [0.717, 1.165) is 23.9 Å². The number of benzene rings is 1. The molecule has 0 unspecified atom stereocenters. The summed E-state index contributed by atoms with van der Waals surface area (Å²) in [6, 6.07) is 6.08. The molecular formula is C20H30BNO4. The van der Waals surface area contributed by atoms with Gasteiger partial charge in [0.2, 0.25) is 0 Å². The number of rotatable bonds is 2. The normalized spacial score (nSPS) is 23.7. The van der Waals surface area contributed by atoms with Gasteiger partial charge in [0.15, 0.2) is 0 Å². The lowest BCUT2D eigenvalue weighted by atomic mass is 9.75. The van der Waals surface area contributed by atoms with Crippen molar-refractivity contribution in [3.05, 3.63) is 29.3 Å². The second-order valence-corrected chi connectivity index (χ2v) is 9.31. The highest BCUT2D eigenvalue weighted by molar-refractivity contribution is 6.62. The van der Waals surface area contributed by atoms with E-state index in [9.17, 15) is 4.79 Å². The maximum Gasteiger partial charge on any atom is 0.495 e. The fraction of sp³-hybridized carbons (Fsp3) is 0.650. The minimum atomic E-state index is -0.392. The molecule has 0 radical (unpaired) electrons. The number of amides is 1. The van der Waals surface area contributed by atoms with E-state index in [1.807, 2.05) is 32.9 Å². The summed E-state index contributed by atoms with van der Waals surface area (Å²) in [6.07, 6.45) is 1.03. The minimum Gasteiger partial charge on any atom is -0.441 e. The monoisotopic (exact) mass is 359 g/mol. The van der Waals surface area contributed by atoms with Crippen molar-refractivity contribution < 1.29 is 18.8 Å². The number of nitrogens with one attached hydrogen (secondary N) is 1. The van der Waals surface area contributed by atoms with Crippen LogP contribution in [-0.4, -0.2) is 30.0 Å². The molecule has 5 nitrogen and oxygen atoms in total. The Labute approximate surface area is 156 Å². The Morgan fingerprint density at radius 2 is 1.81 bits per heavy atom. The van der Waals surface area contributed by atoms with Gasteiger partial charge in [-0.05, 0) is 77.9 Å². The van der Waals surface area contributed by atoms with Gasteiger partial charge in [-0.25, -0.2) is 4.79 Å². The maximum absolute atomic E-state index is 12.2. The average Bonchev–Trinajstić information content (AvgIpc) is 2.95. The van der Waals surface area contributed by atoms with Crippen molar-refractivity contribution in [2.75, 3.05) is 0 Å². The van der Waals surface area contributed by atoms with Gasteiger partial charge in [0.05, 0.1) is 11.2 Å². The highest BCUT2D eigenvalue weighted by Crippen LogP contribution is 2.39. The molecular weight excluding hydrogens is 329 g/mol. The Morgan fingerprint density at radius 1 is 1.19 bits per heavy atom. The molecule has 1 amide bonds. The second kappa shape index (κ2) is 6.27. The summed E-state index contributed by atoms with van der Waals surface area (Å²) in [7, 11) is -0.392. The molecule has 2 aliphatic rings. The average molecular weight is 359 g/mol. The first-order chi connectivity index (χ1) is 11.9. The van der Waals surface area contributed by atoms with Gasteiger partial charge in [-0.15, -0.1) is 0 Å². The molecule has 26 heavy (non-hydrogen) atoms. The summed E-state index contributed by atoms with van der Waals surface area (Å²) in [5.41, 5.74) is 2.22. The smallest absolute Gasteiger partial charge is 0.441 e. The highest BCUT2D eigenvalue weighted by atomic mass is 16.7. The van der Waals surface area contributed by atoms with Gasteiger partial charge < -0.3 is 19.4 Å². The van der Waals surface area contributed by atoms with E-state index in [1.165, 1.54) is 5.56 Å². The highest BCUT2D eigenvalue weighted by Gasteiger charge is 2.52. The molecule has 1 N–H and O–H groups in total. The lowest BCUT2D eigenvalue weighted by Gasteiger charge is -2.32. The van der Waals surface area contributed by atoms with Gasteiger partial charge in [0.25, 0.3) is 0 Å². The Balaban J connectivity index is 1.80. The van der Waals surface area contributed by atoms with E-state index in [2.05, 4.69) is 39.1 Å². The third kappa shape index (κ3) is 3.62. The van der Waals surface area contributed by atoms with Crippen LogP contribution in [0.25, 0.3) is 0 Å². The van der Waals surface area contributed by atoms with E-state index in [4.69, 9.17) is 14.0 Å². The second-order valence-electron chi connectivity index (χ2n) is 9.31. The first-order valence-electron chi connectivity index (χ1n) is 9.36. The van der Waals surface area contributed by atoms with Gasteiger partial charge in [0, 0.05) is 5.54 Å². The topological polar surface area (TPSA) is 56.8 Å². The van der Waals surface area contributed by atoms with Gasteiger partial charge in [-0.1, -0.05) is 18.2 Å². The van der Waals surface area contributed by atoms with Gasteiger partial charge in [-0.3, -0.25) is 0 Å². The van der Waals surface area contributed by atoms with Crippen LogP contribution in [0.4, 0.5) is 4.79 Å². The standard InChI is InChI=1S/C20H30BNO4/c1-18(2,3)22-17(23)24-16-12-11-13-14(16)9-8-10-15(13)21-25-19(4,5)20(6,7)26-21/h8-10,16H,11-12H2,1-7H3,(H,22,23)/t16-/m1/s1. The molecule has 0 saturated carbocycles. The Hall–Kier alpha value is -1.53. The van der Waals surface area contributed by atoms with Crippen molar-refractivity contribution in [1.29, 1.82) is 0 Å². The van der Waals surface area contributed by atoms with Crippen LogP contribution in [0.5, 0.6) is 0 Å². The molecule has 1 aliphatic heterocycles. The lowest BCUT2D eigenvalue weighted by molar-refractivity contribution is 0.00578. The zero-order valence-electron chi connectivity index (χ0n) is 16.9. The van der Waals surface area contributed by atoms with Crippen LogP contribution in [0.2, 0.25) is 0 Å². The third-order valence-electron chi connectivity index (χ3n) is 5.49. The van der Waals surface area contributed by atoms with Crippen molar-refractivity contribution >= 4 is 18.7 Å². The molecule has 6 heteroatoms. The minimum absolute atomic E-state index is 0.227. The first kappa shape index (κ1) is 19.2. The molecule has 1 aliphatic carbocycles. The summed E-state index contributed by atoms with van der Waals surface area (Å²) in [5.74, 6) is 0. The van der Waals surface area contributed by atoms with Crippen molar-refractivity contribution in [3.63, 3.8) is 0 Å². The zero-order valence-corrected chi connectivity index (χ0v) is 16.9. The van der Waals surface area contributed by atoms with Crippen LogP contribution in [0.15, 0.2) is 18.2 Å². The number of ether oxygens (including phenoxy) is 1. The summed E-state index contributed by atoms with van der Waals surface area (Å²) in [4.78, 5) is 12.2. The number of fused-ring (bicyclic) bond motifs is 1. The molecule has 0 bridgehead atoms. The molecule has 3 rings (SSSR count). The number of carbonyl (C=O) groups excluding carboxylic acids is 1. The fourth-order valence-electron chi connectivity index (χ4n) is 3.42. The molecule has 1 fully saturated rings. The van der Waals surface area contributed by atoms with Gasteiger partial charge in [0.1, 0.15) is 6.10 Å². The van der Waals surface area contributed by atoms with Crippen LogP contribution in [0.3, 0.4) is 0 Å². The molecule has 1 heterocycles. The van der Waals surface area contributed by atoms with Crippen LogP contribution in [0, 0.1) is 0 Å². The molecule has 0 spiro atoms. The molecule has 1 aromatic rings. The van der Waals surface area contributed by atoms with E-state index >= 15 is 0 Å². The fourth-order valence-corrected chi connectivity index (χ4v) is 3.42. The molecule has 1 aromatic carbocycles. The van der Waals surface area contributed by atoms with Crippen LogP contribution in [-0.2, 0) is 20.5 Å². The van der Waals surface area contributed by atoms with E-state index in [1.54, 1.807) is 0 Å². The molecule has 1 saturated heterocycles. The van der Waals surface area contributed by atoms with Gasteiger partial charge in [-0.2, -0.15) is 0 Å². The Morgan fingerprint density at radius 3 is 2.38 bits per heavy atom. The summed E-state index contributed by atoms with van der Waals surface area (Å²) in [6.45, 7) is 14.0. The van der Waals surface area contributed by atoms with Crippen LogP contribution >= 0.6 is 0 Å². The quantitative estimate of drug-likeness (QED) is 0.822. The van der Waals surface area contributed by atoms with E-state index in [-0.39, 0.29) is 28.9 Å². The van der Waals surface area contributed by atoms with Gasteiger partial charge >= 0.3 is 13.2 Å². The van der Waals surface area contributed by atoms with Crippen LogP contribution < -0.4 is 10.8 Å². The summed E-state index contributed by atoms with van der Waals surface area (Å²) in [5, 5.41) is 2.86. The summed E-state index contributed by atoms with van der Waals surface area (Å²) >= 11 is 0. The largest absolute Gasteiger partial charge is 0.495 e. The van der Waals surface area contributed by atoms with E-state index < -0.39 is 7.12 Å². The van der Waals surface area contributed by atoms with Crippen molar-refractivity contribution in [2.24, 2.45) is 0 Å². The van der Waals surface area contributed by atoms with Crippen LogP contribution in [0.1, 0.15) is 72.1 Å². The first-order valence-corrected chi connectivity index (χ1v) is 9.36. The number of hydrogen-bond acceptors (Lipinski definition) is 4. The molecule has 0 aromatic heterocycles.